The molecule has 0 aliphatic rings. The second-order valence-corrected chi connectivity index (χ2v) is 5.20. The molecule has 0 saturated carbocycles. The molecule has 0 spiro atoms. The highest BCUT2D eigenvalue weighted by molar-refractivity contribution is 7.13. The van der Waals surface area contributed by atoms with Crippen LogP contribution in [0.4, 0.5) is 10.8 Å². The topological polar surface area (TPSA) is 96.5 Å². The lowest BCUT2D eigenvalue weighted by molar-refractivity contribution is 0.370. The van der Waals surface area contributed by atoms with Crippen LogP contribution in [0.2, 0.25) is 0 Å². The second-order valence-electron chi connectivity index (χ2n) is 4.39. The summed E-state index contributed by atoms with van der Waals surface area (Å²) in [5.41, 5.74) is 1.51. The Morgan fingerprint density at radius 1 is 1.41 bits per heavy atom. The largest absolute Gasteiger partial charge is 0.384 e. The average Bonchev–Trinajstić information content (AvgIpc) is 2.83. The fraction of sp³-hybridized carbons (Fsp3) is 0.444. The minimum atomic E-state index is -0.539. The van der Waals surface area contributed by atoms with Gasteiger partial charge in [0, 0.05) is 5.41 Å². The van der Waals surface area contributed by atoms with Crippen LogP contribution in [0.1, 0.15) is 26.5 Å². The highest BCUT2D eigenvalue weighted by Crippen LogP contribution is 2.28. The Hall–Kier alpha value is -1.83. The quantitative estimate of drug-likeness (QED) is 0.831. The van der Waals surface area contributed by atoms with Crippen LogP contribution in [0, 0.1) is 0 Å². The Labute approximate surface area is 101 Å². The lowest BCUT2D eigenvalue weighted by Gasteiger charge is -2.14. The highest BCUT2D eigenvalue weighted by Gasteiger charge is 2.24. The maximum atomic E-state index is 11.5. The van der Waals surface area contributed by atoms with Crippen molar-refractivity contribution in [2.75, 3.05) is 0 Å². The number of aromatic nitrogens is 3. The standard InChI is InChI=1S/C9H11N5O2S/c1-9(2,3)6-5(7(15)16-14-6)11-13-8-12-10-4-17-8/h4,14H,1-3H3. The van der Waals surface area contributed by atoms with E-state index in [0.717, 1.165) is 0 Å². The maximum absolute atomic E-state index is 11.5. The Morgan fingerprint density at radius 2 is 2.18 bits per heavy atom. The summed E-state index contributed by atoms with van der Waals surface area (Å²) in [6.45, 7) is 5.83. The van der Waals surface area contributed by atoms with Crippen molar-refractivity contribution in [1.29, 1.82) is 0 Å². The summed E-state index contributed by atoms with van der Waals surface area (Å²) in [7, 11) is 0. The third-order valence-corrected chi connectivity index (χ3v) is 2.58. The third-order valence-electron chi connectivity index (χ3n) is 2.01. The number of hydrogen-bond acceptors (Lipinski definition) is 7. The highest BCUT2D eigenvalue weighted by atomic mass is 32.1. The van der Waals surface area contributed by atoms with Gasteiger partial charge in [-0.3, -0.25) is 0 Å². The molecule has 2 heterocycles. The van der Waals surface area contributed by atoms with Gasteiger partial charge < -0.3 is 4.52 Å². The molecule has 0 atom stereocenters. The molecule has 8 heteroatoms. The average molecular weight is 253 g/mol. The molecule has 0 aliphatic heterocycles. The Kier molecular flexibility index (Phi) is 2.88. The lowest BCUT2D eigenvalue weighted by atomic mass is 9.91. The molecule has 2 rings (SSSR count). The molecule has 2 aromatic rings. The summed E-state index contributed by atoms with van der Waals surface area (Å²) in [5.74, 6) is 0. The summed E-state index contributed by atoms with van der Waals surface area (Å²) in [4.78, 5) is 11.5. The van der Waals surface area contributed by atoms with Gasteiger partial charge in [0.05, 0.1) is 5.69 Å². The van der Waals surface area contributed by atoms with Gasteiger partial charge in [-0.05, 0) is 0 Å². The number of rotatable bonds is 2. The first-order chi connectivity index (χ1) is 7.98. The van der Waals surface area contributed by atoms with Gasteiger partial charge in [-0.1, -0.05) is 32.1 Å². The van der Waals surface area contributed by atoms with Gasteiger partial charge in [0.2, 0.25) is 0 Å². The molecule has 7 nitrogen and oxygen atoms in total. The van der Waals surface area contributed by atoms with Crippen molar-refractivity contribution in [3.05, 3.63) is 21.6 Å². The van der Waals surface area contributed by atoms with E-state index in [1.165, 1.54) is 11.3 Å². The number of aromatic amines is 1. The number of nitrogens with zero attached hydrogens (tertiary/aromatic N) is 4. The summed E-state index contributed by atoms with van der Waals surface area (Å²) >= 11 is 1.24. The van der Waals surface area contributed by atoms with Crippen molar-refractivity contribution < 1.29 is 4.52 Å². The van der Waals surface area contributed by atoms with Crippen molar-refractivity contribution in [2.24, 2.45) is 10.2 Å². The zero-order valence-electron chi connectivity index (χ0n) is 9.59. The third kappa shape index (κ3) is 2.47. The molecular formula is C9H11N5O2S. The van der Waals surface area contributed by atoms with Crippen molar-refractivity contribution in [3.8, 4) is 0 Å². The van der Waals surface area contributed by atoms with Gasteiger partial charge in [0.15, 0.2) is 5.69 Å². The van der Waals surface area contributed by atoms with Gasteiger partial charge in [0.25, 0.3) is 5.13 Å². The Morgan fingerprint density at radius 3 is 2.76 bits per heavy atom. The minimum absolute atomic E-state index is 0.174. The first-order valence-corrected chi connectivity index (χ1v) is 5.76. The Bertz CT molecular complexity index is 575. The minimum Gasteiger partial charge on any atom is -0.336 e. The molecule has 0 radical (unpaired) electrons. The van der Waals surface area contributed by atoms with Gasteiger partial charge in [-0.2, -0.15) is 0 Å². The predicted octanol–water partition coefficient (Wildman–Crippen LogP) is 2.53. The van der Waals surface area contributed by atoms with Crippen molar-refractivity contribution in [2.45, 2.75) is 26.2 Å². The van der Waals surface area contributed by atoms with Gasteiger partial charge >= 0.3 is 5.63 Å². The molecule has 0 fully saturated rings. The summed E-state index contributed by atoms with van der Waals surface area (Å²) < 4.78 is 4.73. The molecule has 17 heavy (non-hydrogen) atoms. The Balaban J connectivity index is 2.39. The SMILES string of the molecule is CC(C)(C)c1[nH]oc(=O)c1N=Nc1nncs1. The molecule has 1 N–H and O–H groups in total. The van der Waals surface area contributed by atoms with E-state index in [4.69, 9.17) is 4.52 Å². The van der Waals surface area contributed by atoms with Crippen LogP contribution in [0.25, 0.3) is 0 Å². The lowest BCUT2D eigenvalue weighted by Crippen LogP contribution is -2.12. The van der Waals surface area contributed by atoms with Crippen LogP contribution in [0.5, 0.6) is 0 Å². The molecule has 0 aromatic carbocycles. The second kappa shape index (κ2) is 4.21. The molecule has 2 aromatic heterocycles. The van der Waals surface area contributed by atoms with Gasteiger partial charge in [0.1, 0.15) is 5.51 Å². The fourth-order valence-corrected chi connectivity index (χ4v) is 1.57. The van der Waals surface area contributed by atoms with Crippen molar-refractivity contribution >= 4 is 22.2 Å². The van der Waals surface area contributed by atoms with Crippen molar-refractivity contribution in [1.82, 2.24) is 15.4 Å². The van der Waals surface area contributed by atoms with E-state index in [-0.39, 0.29) is 11.1 Å². The van der Waals surface area contributed by atoms with Crippen LogP contribution < -0.4 is 5.63 Å². The molecule has 90 valence electrons. The molecule has 0 unspecified atom stereocenters. The fourth-order valence-electron chi connectivity index (χ4n) is 1.20. The number of azo groups is 1. The van der Waals surface area contributed by atoms with Crippen LogP contribution in [-0.4, -0.2) is 15.4 Å². The normalized spacial score (nSPS) is 12.4. The number of nitrogens with one attached hydrogen (secondary N) is 1. The zero-order chi connectivity index (χ0) is 12.5. The van der Waals surface area contributed by atoms with E-state index in [2.05, 4.69) is 25.6 Å². The first kappa shape index (κ1) is 11.6. The molecular weight excluding hydrogens is 242 g/mol. The molecule has 0 amide bonds. The first-order valence-electron chi connectivity index (χ1n) is 4.88. The smallest absolute Gasteiger partial charge is 0.336 e. The number of H-pyrrole nitrogens is 1. The summed E-state index contributed by atoms with van der Waals surface area (Å²) in [6, 6.07) is 0. The molecule has 0 bridgehead atoms. The maximum Gasteiger partial charge on any atom is 0.384 e. The van der Waals surface area contributed by atoms with E-state index in [1.807, 2.05) is 20.8 Å². The van der Waals surface area contributed by atoms with Crippen molar-refractivity contribution in [3.63, 3.8) is 0 Å². The zero-order valence-corrected chi connectivity index (χ0v) is 10.4. The number of hydrogen-bond donors (Lipinski definition) is 1. The molecule has 0 aliphatic carbocycles. The van der Waals surface area contributed by atoms with E-state index in [9.17, 15) is 4.79 Å². The molecule has 0 saturated heterocycles. The summed E-state index contributed by atoms with van der Waals surface area (Å²) in [6.07, 6.45) is 0. The predicted molar refractivity (Wildman–Crippen MR) is 62.1 cm³/mol. The monoisotopic (exact) mass is 253 g/mol. The van der Waals surface area contributed by atoms with E-state index in [0.29, 0.717) is 10.8 Å². The van der Waals surface area contributed by atoms with E-state index in [1.54, 1.807) is 5.51 Å². The van der Waals surface area contributed by atoms with Gasteiger partial charge in [-0.25, -0.2) is 9.95 Å². The van der Waals surface area contributed by atoms with Gasteiger partial charge in [-0.15, -0.1) is 20.4 Å². The summed E-state index contributed by atoms with van der Waals surface area (Å²) in [5, 5.41) is 18.0. The van der Waals surface area contributed by atoms with Crippen LogP contribution in [-0.2, 0) is 5.41 Å². The van der Waals surface area contributed by atoms with Crippen LogP contribution in [0.15, 0.2) is 25.1 Å². The van der Waals surface area contributed by atoms with Crippen LogP contribution in [0.3, 0.4) is 0 Å². The van der Waals surface area contributed by atoms with Crippen LogP contribution >= 0.6 is 11.3 Å². The van der Waals surface area contributed by atoms with E-state index < -0.39 is 5.63 Å². The van der Waals surface area contributed by atoms with E-state index >= 15 is 0 Å².